The minimum Gasteiger partial charge on any atom is -0.365 e. The molecule has 126 valence electrons. The van der Waals surface area contributed by atoms with E-state index in [-0.39, 0.29) is 0 Å². The Morgan fingerprint density at radius 2 is 1.88 bits per heavy atom. The van der Waals surface area contributed by atoms with Crippen LogP contribution in [0.15, 0.2) is 49.0 Å². The van der Waals surface area contributed by atoms with Crippen LogP contribution in [0.2, 0.25) is 0 Å². The maximum absolute atomic E-state index is 5.55. The third kappa shape index (κ3) is 3.85. The third-order valence-corrected chi connectivity index (χ3v) is 4.71. The lowest BCUT2D eigenvalue weighted by Gasteiger charge is -2.28. The standard InChI is InChI=1S/C21H26N2S/c1-6-17-9-8-10-19(14-17)16(4)23(21(24)22-5)20-12-11-18(7-2)15(3)13-20/h8-14H,4,6-7H2,1-3,5H3,(H,22,24). The summed E-state index contributed by atoms with van der Waals surface area (Å²) in [5, 5.41) is 3.73. The van der Waals surface area contributed by atoms with E-state index in [0.717, 1.165) is 29.8 Å². The molecule has 2 rings (SSSR count). The van der Waals surface area contributed by atoms with Gasteiger partial charge >= 0.3 is 0 Å². The Morgan fingerprint density at radius 1 is 1.12 bits per heavy atom. The summed E-state index contributed by atoms with van der Waals surface area (Å²) in [5.41, 5.74) is 6.93. The molecule has 0 fully saturated rings. The van der Waals surface area contributed by atoms with Crippen LogP contribution in [0.1, 0.15) is 36.1 Å². The molecule has 0 aromatic heterocycles. The summed E-state index contributed by atoms with van der Waals surface area (Å²) in [6.07, 6.45) is 2.03. The highest BCUT2D eigenvalue weighted by Crippen LogP contribution is 2.28. The monoisotopic (exact) mass is 338 g/mol. The van der Waals surface area contributed by atoms with E-state index in [4.69, 9.17) is 12.2 Å². The second kappa shape index (κ2) is 8.11. The second-order valence-electron chi connectivity index (χ2n) is 5.86. The number of nitrogens with one attached hydrogen (secondary N) is 1. The van der Waals surface area contributed by atoms with Crippen molar-refractivity contribution in [3.8, 4) is 0 Å². The first-order valence-corrected chi connectivity index (χ1v) is 8.82. The van der Waals surface area contributed by atoms with Crippen molar-refractivity contribution in [2.75, 3.05) is 11.9 Å². The summed E-state index contributed by atoms with van der Waals surface area (Å²) in [6, 6.07) is 14.9. The Morgan fingerprint density at radius 3 is 2.46 bits per heavy atom. The minimum atomic E-state index is 0.644. The van der Waals surface area contributed by atoms with Gasteiger partial charge in [0.25, 0.3) is 0 Å². The summed E-state index contributed by atoms with van der Waals surface area (Å²) in [7, 11) is 1.85. The van der Waals surface area contributed by atoms with Crippen LogP contribution in [-0.2, 0) is 12.8 Å². The number of anilines is 1. The fourth-order valence-corrected chi connectivity index (χ4v) is 3.04. The van der Waals surface area contributed by atoms with Gasteiger partial charge in [-0.1, -0.05) is 44.7 Å². The zero-order valence-corrected chi connectivity index (χ0v) is 15.8. The molecule has 0 heterocycles. The summed E-state index contributed by atoms with van der Waals surface area (Å²) < 4.78 is 0. The molecule has 2 aromatic carbocycles. The molecule has 0 bridgehead atoms. The van der Waals surface area contributed by atoms with Gasteiger partial charge in [-0.25, -0.2) is 0 Å². The summed E-state index contributed by atoms with van der Waals surface area (Å²) in [4.78, 5) is 2.01. The zero-order valence-electron chi connectivity index (χ0n) is 15.0. The van der Waals surface area contributed by atoms with Crippen molar-refractivity contribution in [1.29, 1.82) is 0 Å². The predicted octanol–water partition coefficient (Wildman–Crippen LogP) is 5.10. The Kier molecular flexibility index (Phi) is 6.16. The first-order valence-electron chi connectivity index (χ1n) is 8.41. The van der Waals surface area contributed by atoms with Gasteiger partial charge in [0, 0.05) is 18.4 Å². The van der Waals surface area contributed by atoms with Gasteiger partial charge in [-0.15, -0.1) is 0 Å². The van der Waals surface area contributed by atoms with Crippen LogP contribution < -0.4 is 10.2 Å². The smallest absolute Gasteiger partial charge is 0.177 e. The van der Waals surface area contributed by atoms with Crippen LogP contribution in [0.3, 0.4) is 0 Å². The second-order valence-corrected chi connectivity index (χ2v) is 6.24. The maximum Gasteiger partial charge on any atom is 0.177 e. The highest BCUT2D eigenvalue weighted by atomic mass is 32.1. The Balaban J connectivity index is 2.46. The van der Waals surface area contributed by atoms with Crippen LogP contribution in [-0.4, -0.2) is 12.2 Å². The molecular formula is C21H26N2S. The molecule has 0 spiro atoms. The molecule has 0 amide bonds. The van der Waals surface area contributed by atoms with Crippen LogP contribution >= 0.6 is 12.2 Å². The van der Waals surface area contributed by atoms with Gasteiger partial charge in [0.05, 0.1) is 0 Å². The van der Waals surface area contributed by atoms with E-state index >= 15 is 0 Å². The number of hydrogen-bond donors (Lipinski definition) is 1. The molecule has 1 N–H and O–H groups in total. The summed E-state index contributed by atoms with van der Waals surface area (Å²) >= 11 is 5.55. The lowest BCUT2D eigenvalue weighted by molar-refractivity contribution is 1.10. The summed E-state index contributed by atoms with van der Waals surface area (Å²) in [5.74, 6) is 0. The van der Waals surface area contributed by atoms with Gasteiger partial charge in [0.1, 0.15) is 0 Å². The average molecular weight is 339 g/mol. The topological polar surface area (TPSA) is 15.3 Å². The van der Waals surface area contributed by atoms with Crippen LogP contribution in [0.4, 0.5) is 5.69 Å². The number of thiocarbonyl (C=S) groups is 1. The number of nitrogens with zero attached hydrogens (tertiary/aromatic N) is 1. The molecule has 0 saturated carbocycles. The molecule has 0 aliphatic heterocycles. The molecule has 0 aliphatic rings. The van der Waals surface area contributed by atoms with Crippen molar-refractivity contribution in [2.45, 2.75) is 33.6 Å². The minimum absolute atomic E-state index is 0.644. The molecule has 0 atom stereocenters. The molecule has 2 aromatic rings. The highest BCUT2D eigenvalue weighted by Gasteiger charge is 2.17. The SMILES string of the molecule is C=C(c1cccc(CC)c1)N(C(=S)NC)c1ccc(CC)c(C)c1. The van der Waals surface area contributed by atoms with E-state index in [9.17, 15) is 0 Å². The van der Waals surface area contributed by atoms with Gasteiger partial charge in [-0.3, -0.25) is 4.90 Å². The fourth-order valence-electron chi connectivity index (χ4n) is 2.82. The quantitative estimate of drug-likeness (QED) is 0.763. The van der Waals surface area contributed by atoms with Crippen LogP contribution in [0, 0.1) is 6.92 Å². The van der Waals surface area contributed by atoms with Crippen LogP contribution in [0.25, 0.3) is 5.70 Å². The molecule has 0 saturated heterocycles. The third-order valence-electron chi connectivity index (χ3n) is 4.32. The van der Waals surface area contributed by atoms with Gasteiger partial charge in [-0.05, 0) is 72.4 Å². The van der Waals surface area contributed by atoms with E-state index in [1.807, 2.05) is 11.9 Å². The Bertz CT molecular complexity index is 749. The van der Waals surface area contributed by atoms with Crippen molar-refractivity contribution in [1.82, 2.24) is 5.32 Å². The largest absolute Gasteiger partial charge is 0.365 e. The molecular weight excluding hydrogens is 312 g/mol. The molecule has 24 heavy (non-hydrogen) atoms. The van der Waals surface area contributed by atoms with E-state index < -0.39 is 0 Å². The number of rotatable bonds is 5. The highest BCUT2D eigenvalue weighted by molar-refractivity contribution is 7.80. The summed E-state index contributed by atoms with van der Waals surface area (Å²) in [6.45, 7) is 10.8. The van der Waals surface area contributed by atoms with E-state index in [1.54, 1.807) is 0 Å². The lowest BCUT2D eigenvalue weighted by atomic mass is 10.0. The Hall–Kier alpha value is -2.13. The van der Waals surface area contributed by atoms with Gasteiger partial charge in [0.2, 0.25) is 0 Å². The molecule has 3 heteroatoms. The van der Waals surface area contributed by atoms with Crippen molar-refractivity contribution in [2.24, 2.45) is 0 Å². The Labute approximate surface area is 151 Å². The number of benzene rings is 2. The number of hydrogen-bond acceptors (Lipinski definition) is 1. The van der Waals surface area contributed by atoms with Crippen molar-refractivity contribution in [3.63, 3.8) is 0 Å². The molecule has 0 radical (unpaired) electrons. The van der Waals surface area contributed by atoms with Crippen LogP contribution in [0.5, 0.6) is 0 Å². The van der Waals surface area contributed by atoms with E-state index in [1.165, 1.54) is 16.7 Å². The predicted molar refractivity (Wildman–Crippen MR) is 110 cm³/mol. The fraction of sp³-hybridized carbons (Fsp3) is 0.286. The van der Waals surface area contributed by atoms with Crippen molar-refractivity contribution < 1.29 is 0 Å². The van der Waals surface area contributed by atoms with Gasteiger partial charge in [0.15, 0.2) is 5.11 Å². The number of aryl methyl sites for hydroxylation is 3. The van der Waals surface area contributed by atoms with Crippen molar-refractivity contribution in [3.05, 3.63) is 71.3 Å². The van der Waals surface area contributed by atoms with Gasteiger partial charge < -0.3 is 5.32 Å². The molecule has 0 unspecified atom stereocenters. The maximum atomic E-state index is 5.55. The molecule has 0 aliphatic carbocycles. The van der Waals surface area contributed by atoms with Gasteiger partial charge in [-0.2, -0.15) is 0 Å². The normalized spacial score (nSPS) is 10.3. The first-order chi connectivity index (χ1) is 11.5. The first kappa shape index (κ1) is 18.2. The van der Waals surface area contributed by atoms with E-state index in [2.05, 4.69) is 75.1 Å². The zero-order chi connectivity index (χ0) is 17.7. The lowest BCUT2D eigenvalue weighted by Crippen LogP contribution is -2.36. The molecule has 2 nitrogen and oxygen atoms in total. The average Bonchev–Trinajstić information content (AvgIpc) is 2.61. The van der Waals surface area contributed by atoms with Crippen molar-refractivity contribution >= 4 is 28.7 Å². The van der Waals surface area contributed by atoms with E-state index in [0.29, 0.717) is 5.11 Å².